The summed E-state index contributed by atoms with van der Waals surface area (Å²) in [5, 5.41) is 0. The molecule has 0 aromatic carbocycles. The van der Waals surface area contributed by atoms with Crippen molar-refractivity contribution in [3.63, 3.8) is 0 Å². The van der Waals surface area contributed by atoms with Gasteiger partial charge in [0.2, 0.25) is 0 Å². The fourth-order valence-electron chi connectivity index (χ4n) is 1.90. The number of hydrogen-bond acceptors (Lipinski definition) is 4. The molecule has 1 fully saturated rings. The van der Waals surface area contributed by atoms with Crippen LogP contribution < -0.4 is 16.2 Å². The molecule has 0 bridgehead atoms. The van der Waals surface area contributed by atoms with Crippen molar-refractivity contribution >= 4 is 18.2 Å². The second kappa shape index (κ2) is 5.32. The number of halogens is 1. The van der Waals surface area contributed by atoms with Crippen LogP contribution in [0.4, 0.5) is 5.82 Å². The molecular weight excluding hydrogens is 228 g/mol. The summed E-state index contributed by atoms with van der Waals surface area (Å²) in [7, 11) is 1.73. The number of nitrogens with zero attached hydrogens (tertiary/aromatic N) is 3. The Kier molecular flexibility index (Phi) is 4.32. The summed E-state index contributed by atoms with van der Waals surface area (Å²) in [4.78, 5) is 17.9. The Balaban J connectivity index is 0.00000128. The highest BCUT2D eigenvalue weighted by Crippen LogP contribution is 2.12. The minimum Gasteiger partial charge on any atom is -0.350 e. The summed E-state index contributed by atoms with van der Waals surface area (Å²) in [6, 6.07) is 0.158. The number of piperidine rings is 1. The molecule has 2 N–H and O–H groups in total. The predicted octanol–water partition coefficient (Wildman–Crippen LogP) is 0.130. The Hall–Kier alpha value is -1.07. The molecule has 0 aliphatic carbocycles. The number of hydrogen-bond donors (Lipinski definition) is 1. The molecule has 0 spiro atoms. The lowest BCUT2D eigenvalue weighted by Gasteiger charge is -2.31. The van der Waals surface area contributed by atoms with E-state index in [9.17, 15) is 4.79 Å². The number of anilines is 1. The third-order valence-electron chi connectivity index (χ3n) is 2.76. The molecule has 1 aromatic heterocycles. The molecule has 5 nitrogen and oxygen atoms in total. The van der Waals surface area contributed by atoms with Gasteiger partial charge in [-0.25, -0.2) is 4.98 Å². The number of nitrogens with two attached hydrogens (primary N) is 1. The summed E-state index contributed by atoms with van der Waals surface area (Å²) in [6.07, 6.45) is 5.37. The van der Waals surface area contributed by atoms with E-state index in [0.29, 0.717) is 5.82 Å². The molecule has 0 radical (unpaired) electrons. The maximum absolute atomic E-state index is 11.8. The van der Waals surface area contributed by atoms with Crippen molar-refractivity contribution in [2.24, 2.45) is 12.8 Å². The molecule has 2 rings (SSSR count). The molecule has 90 valence electrons. The highest BCUT2D eigenvalue weighted by molar-refractivity contribution is 5.85. The first kappa shape index (κ1) is 13.0. The lowest BCUT2D eigenvalue weighted by molar-refractivity contribution is 0.500. The van der Waals surface area contributed by atoms with Crippen LogP contribution in [0, 0.1) is 0 Å². The van der Waals surface area contributed by atoms with Gasteiger partial charge in [-0.1, -0.05) is 0 Å². The zero-order chi connectivity index (χ0) is 10.8. The van der Waals surface area contributed by atoms with Crippen molar-refractivity contribution in [2.45, 2.75) is 18.9 Å². The Labute approximate surface area is 101 Å². The molecule has 1 aliphatic rings. The maximum atomic E-state index is 11.8. The van der Waals surface area contributed by atoms with E-state index in [1.165, 1.54) is 0 Å². The van der Waals surface area contributed by atoms with Crippen LogP contribution in [0.15, 0.2) is 17.2 Å². The Morgan fingerprint density at radius 3 is 3.00 bits per heavy atom. The quantitative estimate of drug-likeness (QED) is 0.763. The Bertz CT molecular complexity index is 406. The summed E-state index contributed by atoms with van der Waals surface area (Å²) in [5.41, 5.74) is 5.82. The Morgan fingerprint density at radius 1 is 1.56 bits per heavy atom. The van der Waals surface area contributed by atoms with Gasteiger partial charge in [0.1, 0.15) is 0 Å². The topological polar surface area (TPSA) is 64.2 Å². The smallest absolute Gasteiger partial charge is 0.293 e. The van der Waals surface area contributed by atoms with Gasteiger partial charge < -0.3 is 15.2 Å². The summed E-state index contributed by atoms with van der Waals surface area (Å²) in [6.45, 7) is 1.60. The molecule has 1 aromatic rings. The predicted molar refractivity (Wildman–Crippen MR) is 66.1 cm³/mol. The molecule has 0 amide bonds. The van der Waals surface area contributed by atoms with Crippen LogP contribution >= 0.6 is 12.4 Å². The second-order valence-electron chi connectivity index (χ2n) is 4.02. The van der Waals surface area contributed by atoms with Crippen molar-refractivity contribution in [2.75, 3.05) is 18.0 Å². The van der Waals surface area contributed by atoms with Crippen LogP contribution in [0.25, 0.3) is 0 Å². The van der Waals surface area contributed by atoms with Crippen molar-refractivity contribution in [3.05, 3.63) is 22.7 Å². The van der Waals surface area contributed by atoms with Crippen molar-refractivity contribution in [1.29, 1.82) is 0 Å². The number of aryl methyl sites for hydroxylation is 1. The van der Waals surface area contributed by atoms with Gasteiger partial charge in [0.15, 0.2) is 5.82 Å². The number of rotatable bonds is 1. The average molecular weight is 245 g/mol. The lowest BCUT2D eigenvalue weighted by atomic mass is 10.1. The zero-order valence-electron chi connectivity index (χ0n) is 9.30. The van der Waals surface area contributed by atoms with Crippen LogP contribution in [0.5, 0.6) is 0 Å². The van der Waals surface area contributed by atoms with E-state index in [2.05, 4.69) is 4.98 Å². The first-order valence-corrected chi connectivity index (χ1v) is 5.20. The van der Waals surface area contributed by atoms with Crippen molar-refractivity contribution < 1.29 is 0 Å². The van der Waals surface area contributed by atoms with E-state index < -0.39 is 0 Å². The third-order valence-corrected chi connectivity index (χ3v) is 2.76. The van der Waals surface area contributed by atoms with Gasteiger partial charge in [-0.15, -0.1) is 12.4 Å². The molecule has 1 saturated heterocycles. The van der Waals surface area contributed by atoms with Crippen LogP contribution in [0.2, 0.25) is 0 Å². The number of aromatic nitrogens is 2. The standard InChI is InChI=1S/C10H16N4O.ClH/c1-13-6-4-12-9(10(13)15)14-5-2-3-8(11)7-14;/h4,6,8H,2-3,5,7,11H2,1H3;1H. The molecule has 6 heteroatoms. The van der Waals surface area contributed by atoms with Gasteiger partial charge in [-0.05, 0) is 12.8 Å². The SMILES string of the molecule is Cl.Cn1ccnc(N2CCCC(N)C2)c1=O. The van der Waals surface area contributed by atoms with E-state index >= 15 is 0 Å². The van der Waals surface area contributed by atoms with E-state index in [1.54, 1.807) is 24.0 Å². The van der Waals surface area contributed by atoms with Gasteiger partial charge >= 0.3 is 0 Å². The van der Waals surface area contributed by atoms with E-state index in [4.69, 9.17) is 5.73 Å². The first-order valence-electron chi connectivity index (χ1n) is 5.20. The molecule has 2 heterocycles. The maximum Gasteiger partial charge on any atom is 0.293 e. The lowest BCUT2D eigenvalue weighted by Crippen LogP contribution is -2.45. The van der Waals surface area contributed by atoms with E-state index in [-0.39, 0.29) is 24.0 Å². The fraction of sp³-hybridized carbons (Fsp3) is 0.600. The van der Waals surface area contributed by atoms with Gasteiger partial charge in [-0.3, -0.25) is 4.79 Å². The minimum atomic E-state index is -0.0494. The zero-order valence-corrected chi connectivity index (χ0v) is 10.1. The van der Waals surface area contributed by atoms with E-state index in [0.717, 1.165) is 25.9 Å². The summed E-state index contributed by atoms with van der Waals surface area (Å²) in [5.74, 6) is 0.523. The summed E-state index contributed by atoms with van der Waals surface area (Å²) < 4.78 is 1.54. The van der Waals surface area contributed by atoms with Gasteiger partial charge in [-0.2, -0.15) is 0 Å². The highest BCUT2D eigenvalue weighted by atomic mass is 35.5. The summed E-state index contributed by atoms with van der Waals surface area (Å²) >= 11 is 0. The fourth-order valence-corrected chi connectivity index (χ4v) is 1.90. The molecule has 0 saturated carbocycles. The Morgan fingerprint density at radius 2 is 2.31 bits per heavy atom. The molecule has 1 unspecified atom stereocenters. The molecular formula is C10H17ClN4O. The van der Waals surface area contributed by atoms with Crippen LogP contribution in [-0.2, 0) is 7.05 Å². The second-order valence-corrected chi connectivity index (χ2v) is 4.02. The minimum absolute atomic E-state index is 0. The molecule has 16 heavy (non-hydrogen) atoms. The van der Waals surface area contributed by atoms with Gasteiger partial charge in [0.25, 0.3) is 5.56 Å². The van der Waals surface area contributed by atoms with Crippen molar-refractivity contribution in [3.8, 4) is 0 Å². The highest BCUT2D eigenvalue weighted by Gasteiger charge is 2.20. The van der Waals surface area contributed by atoms with Crippen molar-refractivity contribution in [1.82, 2.24) is 9.55 Å². The molecule has 1 aliphatic heterocycles. The first-order chi connectivity index (χ1) is 7.18. The van der Waals surface area contributed by atoms with Gasteiger partial charge in [0.05, 0.1) is 0 Å². The van der Waals surface area contributed by atoms with Crippen LogP contribution in [-0.4, -0.2) is 28.7 Å². The average Bonchev–Trinajstić information content (AvgIpc) is 2.22. The van der Waals surface area contributed by atoms with Gasteiger partial charge in [0, 0.05) is 38.6 Å². The van der Waals surface area contributed by atoms with Crippen LogP contribution in [0.1, 0.15) is 12.8 Å². The van der Waals surface area contributed by atoms with E-state index in [1.807, 2.05) is 4.90 Å². The van der Waals surface area contributed by atoms with Crippen LogP contribution in [0.3, 0.4) is 0 Å². The third kappa shape index (κ3) is 2.54. The normalized spacial score (nSPS) is 20.4. The largest absolute Gasteiger partial charge is 0.350 e. The monoisotopic (exact) mass is 244 g/mol. The molecule has 1 atom stereocenters.